The van der Waals surface area contributed by atoms with Crippen molar-refractivity contribution in [3.05, 3.63) is 0 Å². The Morgan fingerprint density at radius 3 is 1.95 bits per heavy atom. The van der Waals surface area contributed by atoms with E-state index in [1.807, 2.05) is 0 Å². The molecule has 0 aliphatic carbocycles. The highest BCUT2D eigenvalue weighted by molar-refractivity contribution is 5.78. The van der Waals surface area contributed by atoms with E-state index in [9.17, 15) is 14.7 Å². The van der Waals surface area contributed by atoms with Crippen LogP contribution in [0.1, 0.15) is 79.6 Å². The molecule has 0 rings (SSSR count). The van der Waals surface area contributed by atoms with Crippen LogP contribution in [0.15, 0.2) is 0 Å². The number of Topliss-reactive ketones (excluding diaryl/α,β-unsaturated/α-hetero) is 1. The van der Waals surface area contributed by atoms with E-state index in [0.717, 1.165) is 19.3 Å². The standard InChI is InChI=1S/C17H32O4/c1-16(2,3)12-7-6-9-13(18)10-8-11-14(19)17(4,5)15(20)21/h14,19H,6-12H2,1-5H3,(H,20,21). The molecule has 0 saturated carbocycles. The second-order valence-corrected chi connectivity index (χ2v) is 7.74. The predicted octanol–water partition coefficient (Wildman–Crippen LogP) is 3.80. The molecule has 1 atom stereocenters. The van der Waals surface area contributed by atoms with Crippen molar-refractivity contribution in [3.8, 4) is 0 Å². The molecular formula is C17H32O4. The average molecular weight is 300 g/mol. The summed E-state index contributed by atoms with van der Waals surface area (Å²) in [7, 11) is 0. The van der Waals surface area contributed by atoms with E-state index in [2.05, 4.69) is 20.8 Å². The van der Waals surface area contributed by atoms with Crippen LogP contribution in [0, 0.1) is 10.8 Å². The fourth-order valence-corrected chi connectivity index (χ4v) is 2.10. The molecule has 124 valence electrons. The van der Waals surface area contributed by atoms with Gasteiger partial charge in [0.1, 0.15) is 5.78 Å². The lowest BCUT2D eigenvalue weighted by atomic mass is 9.84. The van der Waals surface area contributed by atoms with Crippen molar-refractivity contribution in [1.29, 1.82) is 0 Å². The number of rotatable bonds is 10. The second-order valence-electron chi connectivity index (χ2n) is 7.74. The summed E-state index contributed by atoms with van der Waals surface area (Å²) >= 11 is 0. The monoisotopic (exact) mass is 300 g/mol. The van der Waals surface area contributed by atoms with E-state index in [1.165, 1.54) is 13.8 Å². The largest absolute Gasteiger partial charge is 0.481 e. The zero-order valence-electron chi connectivity index (χ0n) is 14.2. The summed E-state index contributed by atoms with van der Waals surface area (Å²) in [5.74, 6) is -0.798. The summed E-state index contributed by atoms with van der Waals surface area (Å²) in [5.41, 5.74) is -0.842. The lowest BCUT2D eigenvalue weighted by Gasteiger charge is -2.25. The van der Waals surface area contributed by atoms with Gasteiger partial charge in [-0.1, -0.05) is 27.2 Å². The van der Waals surface area contributed by atoms with Gasteiger partial charge >= 0.3 is 5.97 Å². The molecule has 0 aliphatic rings. The summed E-state index contributed by atoms with van der Waals surface area (Å²) in [4.78, 5) is 22.7. The van der Waals surface area contributed by atoms with Gasteiger partial charge in [-0.15, -0.1) is 0 Å². The first kappa shape index (κ1) is 20.1. The molecule has 4 heteroatoms. The van der Waals surface area contributed by atoms with Gasteiger partial charge in [-0.3, -0.25) is 9.59 Å². The Hall–Kier alpha value is -0.900. The van der Waals surface area contributed by atoms with Crippen LogP contribution in [0.2, 0.25) is 0 Å². The van der Waals surface area contributed by atoms with Crippen LogP contribution < -0.4 is 0 Å². The third-order valence-electron chi connectivity index (χ3n) is 3.95. The Morgan fingerprint density at radius 1 is 0.952 bits per heavy atom. The molecule has 0 radical (unpaired) electrons. The molecule has 0 aromatic heterocycles. The molecule has 1 unspecified atom stereocenters. The summed E-state index contributed by atoms with van der Waals surface area (Å²) in [5, 5.41) is 18.9. The Kier molecular flexibility index (Phi) is 8.16. The predicted molar refractivity (Wildman–Crippen MR) is 84.2 cm³/mol. The quantitative estimate of drug-likeness (QED) is 0.602. The van der Waals surface area contributed by atoms with Gasteiger partial charge < -0.3 is 10.2 Å². The minimum Gasteiger partial charge on any atom is -0.481 e. The summed E-state index contributed by atoms with van der Waals surface area (Å²) < 4.78 is 0. The third-order valence-corrected chi connectivity index (χ3v) is 3.95. The van der Waals surface area contributed by atoms with Gasteiger partial charge in [-0.25, -0.2) is 0 Å². The average Bonchev–Trinajstić information content (AvgIpc) is 2.33. The molecule has 0 aromatic carbocycles. The molecule has 0 spiro atoms. The van der Waals surface area contributed by atoms with Crippen LogP contribution in [-0.4, -0.2) is 28.1 Å². The lowest BCUT2D eigenvalue weighted by Crippen LogP contribution is -2.37. The van der Waals surface area contributed by atoms with E-state index in [4.69, 9.17) is 5.11 Å². The lowest BCUT2D eigenvalue weighted by molar-refractivity contribution is -0.153. The van der Waals surface area contributed by atoms with Crippen LogP contribution in [-0.2, 0) is 9.59 Å². The highest BCUT2D eigenvalue weighted by Crippen LogP contribution is 2.25. The number of aliphatic carboxylic acids is 1. The number of carbonyl (C=O) groups excluding carboxylic acids is 1. The topological polar surface area (TPSA) is 74.6 Å². The molecule has 0 aromatic rings. The minimum absolute atomic E-state index is 0.212. The normalized spacial score (nSPS) is 14.0. The van der Waals surface area contributed by atoms with Gasteiger partial charge in [-0.05, 0) is 44.9 Å². The van der Waals surface area contributed by atoms with Gasteiger partial charge in [0, 0.05) is 12.8 Å². The molecule has 0 heterocycles. The molecule has 2 N–H and O–H groups in total. The Balaban J connectivity index is 3.83. The van der Waals surface area contributed by atoms with Crippen molar-refractivity contribution in [3.63, 3.8) is 0 Å². The maximum absolute atomic E-state index is 11.7. The molecular weight excluding hydrogens is 268 g/mol. The zero-order chi connectivity index (χ0) is 16.7. The maximum Gasteiger partial charge on any atom is 0.311 e. The Morgan fingerprint density at radius 2 is 1.48 bits per heavy atom. The van der Waals surface area contributed by atoms with Crippen LogP contribution in [0.5, 0.6) is 0 Å². The van der Waals surface area contributed by atoms with Crippen molar-refractivity contribution in [2.24, 2.45) is 10.8 Å². The number of aliphatic hydroxyl groups excluding tert-OH is 1. The van der Waals surface area contributed by atoms with Crippen LogP contribution in [0.25, 0.3) is 0 Å². The maximum atomic E-state index is 11.7. The molecule has 0 amide bonds. The molecule has 0 bridgehead atoms. The summed E-state index contributed by atoms with van der Waals surface area (Å²) in [6.07, 6.45) is 4.11. The van der Waals surface area contributed by atoms with Gasteiger partial charge in [0.05, 0.1) is 11.5 Å². The number of ketones is 1. The van der Waals surface area contributed by atoms with E-state index < -0.39 is 17.5 Å². The number of carbonyl (C=O) groups is 2. The zero-order valence-corrected chi connectivity index (χ0v) is 14.2. The first-order valence-corrected chi connectivity index (χ1v) is 7.90. The van der Waals surface area contributed by atoms with E-state index in [0.29, 0.717) is 31.1 Å². The fraction of sp³-hybridized carbons (Fsp3) is 0.882. The molecule has 0 aliphatic heterocycles. The van der Waals surface area contributed by atoms with Crippen molar-refractivity contribution < 1.29 is 19.8 Å². The number of hydrogen-bond donors (Lipinski definition) is 2. The Labute approximate surface area is 128 Å². The van der Waals surface area contributed by atoms with Gasteiger partial charge in [0.2, 0.25) is 0 Å². The Bertz CT molecular complexity index is 339. The van der Waals surface area contributed by atoms with Crippen molar-refractivity contribution >= 4 is 11.8 Å². The smallest absolute Gasteiger partial charge is 0.311 e. The van der Waals surface area contributed by atoms with Gasteiger partial charge in [0.25, 0.3) is 0 Å². The van der Waals surface area contributed by atoms with Crippen molar-refractivity contribution in [2.75, 3.05) is 0 Å². The van der Waals surface area contributed by atoms with Gasteiger partial charge in [0.15, 0.2) is 0 Å². The minimum atomic E-state index is -1.16. The summed E-state index contributed by atoms with van der Waals surface area (Å²) in [6, 6.07) is 0. The number of carboxylic acids is 1. The first-order valence-electron chi connectivity index (χ1n) is 7.90. The second kappa shape index (κ2) is 8.52. The molecule has 0 saturated heterocycles. The number of hydrogen-bond acceptors (Lipinski definition) is 3. The van der Waals surface area contributed by atoms with E-state index >= 15 is 0 Å². The third kappa shape index (κ3) is 8.86. The van der Waals surface area contributed by atoms with Crippen LogP contribution in [0.3, 0.4) is 0 Å². The highest BCUT2D eigenvalue weighted by Gasteiger charge is 2.35. The number of aliphatic hydroxyl groups is 1. The first-order chi connectivity index (χ1) is 9.47. The molecule has 4 nitrogen and oxygen atoms in total. The van der Waals surface area contributed by atoms with Gasteiger partial charge in [-0.2, -0.15) is 0 Å². The van der Waals surface area contributed by atoms with E-state index in [-0.39, 0.29) is 5.78 Å². The van der Waals surface area contributed by atoms with Crippen LogP contribution >= 0.6 is 0 Å². The molecule has 0 fully saturated rings. The van der Waals surface area contributed by atoms with Crippen LogP contribution in [0.4, 0.5) is 0 Å². The molecule has 21 heavy (non-hydrogen) atoms. The number of carboxylic acid groups (broad SMARTS) is 1. The summed E-state index contributed by atoms with van der Waals surface area (Å²) in [6.45, 7) is 9.60. The van der Waals surface area contributed by atoms with E-state index in [1.54, 1.807) is 0 Å². The highest BCUT2D eigenvalue weighted by atomic mass is 16.4. The SMILES string of the molecule is CC(C)(C)CCCCC(=O)CCCC(O)C(C)(C)C(=O)O. The van der Waals surface area contributed by atoms with Crippen molar-refractivity contribution in [2.45, 2.75) is 85.7 Å². The van der Waals surface area contributed by atoms with Crippen molar-refractivity contribution in [1.82, 2.24) is 0 Å². The number of unbranched alkanes of at least 4 members (excludes halogenated alkanes) is 1. The fourth-order valence-electron chi connectivity index (χ4n) is 2.10.